The second-order valence-corrected chi connectivity index (χ2v) is 5.41. The molecule has 4 unspecified atom stereocenters. The van der Waals surface area contributed by atoms with Crippen molar-refractivity contribution in [3.8, 4) is 0 Å². The lowest BCUT2D eigenvalue weighted by Gasteiger charge is -2.07. The summed E-state index contributed by atoms with van der Waals surface area (Å²) in [5, 5.41) is 0. The molecular weight excluding hydrogens is 204 g/mol. The van der Waals surface area contributed by atoms with Gasteiger partial charge in [0.25, 0.3) is 0 Å². The molecule has 4 atom stereocenters. The molecule has 0 radical (unpaired) electrons. The fourth-order valence-electron chi connectivity index (χ4n) is 4.27. The van der Waals surface area contributed by atoms with Crippen molar-refractivity contribution in [1.82, 2.24) is 15.0 Å². The number of H-pyrrole nitrogens is 1. The molecule has 84 valence electrons. The molecule has 2 bridgehead atoms. The Labute approximate surface area is 92.5 Å². The maximum atomic E-state index is 11.3. The van der Waals surface area contributed by atoms with Crippen LogP contribution in [0.5, 0.6) is 0 Å². The number of hydrogen-bond donors (Lipinski definition) is 2. The number of nitrogens with one attached hydrogen (secondary N) is 1. The molecule has 0 aromatic carbocycles. The molecule has 0 amide bonds. The standard InChI is InChI=1S/C11H14N4O/c12-10-13-9(14-11(16)15-10)8-6-4-1-2-5(3-4)7(6)8/h4-8H,1-3H2,(H3,12,13,14,15,16). The fraction of sp³-hybridized carbons (Fsp3) is 0.727. The van der Waals surface area contributed by atoms with E-state index in [0.29, 0.717) is 5.92 Å². The molecule has 3 aliphatic rings. The quantitative estimate of drug-likeness (QED) is 0.719. The van der Waals surface area contributed by atoms with E-state index in [4.69, 9.17) is 5.73 Å². The maximum absolute atomic E-state index is 11.3. The first-order valence-electron chi connectivity index (χ1n) is 5.98. The second-order valence-electron chi connectivity index (χ2n) is 5.41. The molecule has 1 aromatic heterocycles. The fourth-order valence-corrected chi connectivity index (χ4v) is 4.27. The van der Waals surface area contributed by atoms with E-state index in [2.05, 4.69) is 15.0 Å². The zero-order valence-electron chi connectivity index (χ0n) is 8.89. The minimum atomic E-state index is -0.361. The summed E-state index contributed by atoms with van der Waals surface area (Å²) in [5.41, 5.74) is 5.16. The highest BCUT2D eigenvalue weighted by molar-refractivity contribution is 5.26. The van der Waals surface area contributed by atoms with E-state index in [1.165, 1.54) is 19.3 Å². The van der Waals surface area contributed by atoms with Crippen molar-refractivity contribution in [2.45, 2.75) is 25.2 Å². The van der Waals surface area contributed by atoms with E-state index in [-0.39, 0.29) is 11.6 Å². The lowest BCUT2D eigenvalue weighted by molar-refractivity contribution is 0.456. The van der Waals surface area contributed by atoms with Gasteiger partial charge in [-0.1, -0.05) is 0 Å². The van der Waals surface area contributed by atoms with E-state index in [0.717, 1.165) is 29.5 Å². The van der Waals surface area contributed by atoms with Crippen molar-refractivity contribution >= 4 is 5.95 Å². The van der Waals surface area contributed by atoms with Gasteiger partial charge in [-0.3, -0.25) is 4.98 Å². The molecule has 3 aliphatic carbocycles. The summed E-state index contributed by atoms with van der Waals surface area (Å²) in [4.78, 5) is 21.7. The summed E-state index contributed by atoms with van der Waals surface area (Å²) >= 11 is 0. The maximum Gasteiger partial charge on any atom is 0.349 e. The molecule has 0 saturated heterocycles. The van der Waals surface area contributed by atoms with Crippen LogP contribution in [0.2, 0.25) is 0 Å². The Balaban J connectivity index is 1.71. The third kappa shape index (κ3) is 0.982. The molecule has 3 N–H and O–H groups in total. The van der Waals surface area contributed by atoms with Gasteiger partial charge in [-0.2, -0.15) is 9.97 Å². The summed E-state index contributed by atoms with van der Waals surface area (Å²) in [7, 11) is 0. The number of hydrogen-bond acceptors (Lipinski definition) is 4. The number of aromatic amines is 1. The van der Waals surface area contributed by atoms with Crippen molar-refractivity contribution in [1.29, 1.82) is 0 Å². The molecule has 1 heterocycles. The van der Waals surface area contributed by atoms with E-state index < -0.39 is 0 Å². The first kappa shape index (κ1) is 8.73. The van der Waals surface area contributed by atoms with Crippen molar-refractivity contribution in [2.24, 2.45) is 23.7 Å². The van der Waals surface area contributed by atoms with Crippen LogP contribution < -0.4 is 11.4 Å². The Hall–Kier alpha value is -1.39. The van der Waals surface area contributed by atoms with Gasteiger partial charge in [-0.15, -0.1) is 0 Å². The molecule has 3 fully saturated rings. The van der Waals surface area contributed by atoms with Gasteiger partial charge in [-0.05, 0) is 42.9 Å². The molecule has 4 rings (SSSR count). The molecule has 0 aliphatic heterocycles. The molecule has 1 aromatic rings. The van der Waals surface area contributed by atoms with Crippen LogP contribution in [0.3, 0.4) is 0 Å². The van der Waals surface area contributed by atoms with Gasteiger partial charge >= 0.3 is 5.69 Å². The third-order valence-electron chi connectivity index (χ3n) is 4.74. The van der Waals surface area contributed by atoms with E-state index in [1.807, 2.05) is 0 Å². The topological polar surface area (TPSA) is 84.7 Å². The highest BCUT2D eigenvalue weighted by Crippen LogP contribution is 2.72. The van der Waals surface area contributed by atoms with Gasteiger partial charge in [0.15, 0.2) is 0 Å². The summed E-state index contributed by atoms with van der Waals surface area (Å²) in [6.45, 7) is 0. The molecule has 5 nitrogen and oxygen atoms in total. The Morgan fingerprint density at radius 3 is 2.50 bits per heavy atom. The van der Waals surface area contributed by atoms with Crippen LogP contribution in [0.1, 0.15) is 31.0 Å². The highest BCUT2D eigenvalue weighted by Gasteiger charge is 2.66. The second kappa shape index (κ2) is 2.64. The SMILES string of the molecule is Nc1nc(C2C3C4CCC(C4)C23)[nH]c(=O)n1. The predicted octanol–water partition coefficient (Wildman–Crippen LogP) is 0.507. The molecular formula is C11H14N4O. The third-order valence-corrected chi connectivity index (χ3v) is 4.74. The number of aromatic nitrogens is 3. The Morgan fingerprint density at radius 1 is 1.19 bits per heavy atom. The zero-order valence-corrected chi connectivity index (χ0v) is 8.89. The summed E-state index contributed by atoms with van der Waals surface area (Å²) < 4.78 is 0. The zero-order chi connectivity index (χ0) is 10.9. The van der Waals surface area contributed by atoms with Crippen LogP contribution in [0.4, 0.5) is 5.95 Å². The van der Waals surface area contributed by atoms with E-state index >= 15 is 0 Å². The first-order chi connectivity index (χ1) is 7.74. The van der Waals surface area contributed by atoms with Crippen LogP contribution in [0, 0.1) is 23.7 Å². The minimum Gasteiger partial charge on any atom is -0.368 e. The number of fused-ring (bicyclic) bond motifs is 5. The first-order valence-corrected chi connectivity index (χ1v) is 5.98. The molecule has 16 heavy (non-hydrogen) atoms. The molecule has 5 heteroatoms. The molecule has 3 saturated carbocycles. The Kier molecular flexibility index (Phi) is 1.44. The average molecular weight is 218 g/mol. The van der Waals surface area contributed by atoms with Crippen molar-refractivity contribution in [3.05, 3.63) is 16.3 Å². The van der Waals surface area contributed by atoms with Crippen LogP contribution in [0.25, 0.3) is 0 Å². The monoisotopic (exact) mass is 218 g/mol. The average Bonchev–Trinajstić information content (AvgIpc) is 2.67. The smallest absolute Gasteiger partial charge is 0.349 e. The Bertz CT molecular complexity index is 495. The van der Waals surface area contributed by atoms with Crippen molar-refractivity contribution in [2.75, 3.05) is 5.73 Å². The van der Waals surface area contributed by atoms with Gasteiger partial charge in [-0.25, -0.2) is 4.79 Å². The minimum absolute atomic E-state index is 0.107. The Morgan fingerprint density at radius 2 is 1.88 bits per heavy atom. The lowest BCUT2D eigenvalue weighted by Crippen LogP contribution is -2.18. The number of nitrogen functional groups attached to an aromatic ring is 1. The summed E-state index contributed by atoms with van der Waals surface area (Å²) in [6.07, 6.45) is 4.14. The van der Waals surface area contributed by atoms with Gasteiger partial charge in [0.1, 0.15) is 5.82 Å². The van der Waals surface area contributed by atoms with E-state index in [9.17, 15) is 4.79 Å². The van der Waals surface area contributed by atoms with Crippen LogP contribution in [-0.2, 0) is 0 Å². The van der Waals surface area contributed by atoms with Crippen LogP contribution in [0.15, 0.2) is 4.79 Å². The van der Waals surface area contributed by atoms with Crippen LogP contribution >= 0.6 is 0 Å². The number of nitrogens with two attached hydrogens (primary N) is 1. The highest BCUT2D eigenvalue weighted by atomic mass is 16.1. The number of rotatable bonds is 1. The van der Waals surface area contributed by atoms with E-state index in [1.54, 1.807) is 0 Å². The van der Waals surface area contributed by atoms with Crippen LogP contribution in [-0.4, -0.2) is 15.0 Å². The van der Waals surface area contributed by atoms with Gasteiger partial charge < -0.3 is 5.73 Å². The number of anilines is 1. The van der Waals surface area contributed by atoms with Gasteiger partial charge in [0, 0.05) is 5.92 Å². The summed E-state index contributed by atoms with van der Waals surface area (Å²) in [6, 6.07) is 0. The largest absolute Gasteiger partial charge is 0.368 e. The molecule has 0 spiro atoms. The van der Waals surface area contributed by atoms with Gasteiger partial charge in [0.05, 0.1) is 0 Å². The predicted molar refractivity (Wildman–Crippen MR) is 57.6 cm³/mol. The normalized spacial score (nSPS) is 43.4. The van der Waals surface area contributed by atoms with Crippen molar-refractivity contribution < 1.29 is 0 Å². The number of nitrogens with zero attached hydrogens (tertiary/aromatic N) is 2. The van der Waals surface area contributed by atoms with Gasteiger partial charge in [0.2, 0.25) is 5.95 Å². The van der Waals surface area contributed by atoms with Crippen molar-refractivity contribution in [3.63, 3.8) is 0 Å². The lowest BCUT2D eigenvalue weighted by atomic mass is 10.0. The summed E-state index contributed by atoms with van der Waals surface area (Å²) in [5.74, 6) is 4.64.